The first kappa shape index (κ1) is 35.0. The fourth-order valence-electron chi connectivity index (χ4n) is 8.51. The lowest BCUT2D eigenvalue weighted by molar-refractivity contribution is 1.18. The van der Waals surface area contributed by atoms with Gasteiger partial charge in [-0.3, -0.25) is 0 Å². The first-order valence-electron chi connectivity index (χ1n) is 20.0. The van der Waals surface area contributed by atoms with Crippen molar-refractivity contribution in [2.24, 2.45) is 0 Å². The van der Waals surface area contributed by atoms with Crippen LogP contribution in [-0.2, 0) is 0 Å². The molecule has 0 bridgehead atoms. The van der Waals surface area contributed by atoms with Gasteiger partial charge in [-0.1, -0.05) is 163 Å². The van der Waals surface area contributed by atoms with Crippen molar-refractivity contribution in [2.45, 2.75) is 13.8 Å². The predicted molar refractivity (Wildman–Crippen MR) is 247 cm³/mol. The van der Waals surface area contributed by atoms with Gasteiger partial charge < -0.3 is 9.47 Å². The molecular weight excluding hydrogens is 701 g/mol. The molecule has 2 heteroatoms. The van der Waals surface area contributed by atoms with Crippen LogP contribution < -0.4 is 4.90 Å². The fraction of sp³-hybridized carbons (Fsp3) is 0.0357. The minimum atomic E-state index is 1.10. The zero-order valence-corrected chi connectivity index (χ0v) is 32.7. The van der Waals surface area contributed by atoms with Crippen LogP contribution in [0.3, 0.4) is 0 Å². The summed E-state index contributed by atoms with van der Waals surface area (Å²) in [5.41, 5.74) is 19.1. The van der Waals surface area contributed by atoms with Crippen molar-refractivity contribution in [2.75, 3.05) is 4.90 Å². The van der Waals surface area contributed by atoms with Gasteiger partial charge in [0.25, 0.3) is 0 Å². The molecule has 10 rings (SSSR count). The molecule has 58 heavy (non-hydrogen) atoms. The number of aromatic nitrogens is 1. The van der Waals surface area contributed by atoms with Gasteiger partial charge in [-0.05, 0) is 125 Å². The number of rotatable bonds is 8. The van der Waals surface area contributed by atoms with Crippen molar-refractivity contribution in [3.8, 4) is 50.2 Å². The monoisotopic (exact) mass is 742 g/mol. The number of fused-ring (bicyclic) bond motifs is 3. The van der Waals surface area contributed by atoms with Gasteiger partial charge in [0.05, 0.1) is 11.0 Å². The number of benzene rings is 9. The fourth-order valence-corrected chi connectivity index (χ4v) is 8.51. The van der Waals surface area contributed by atoms with E-state index < -0.39 is 0 Å². The van der Waals surface area contributed by atoms with Gasteiger partial charge in [0.15, 0.2) is 0 Å². The Hall–Kier alpha value is -7.42. The van der Waals surface area contributed by atoms with E-state index in [-0.39, 0.29) is 0 Å². The Morgan fingerprint density at radius 2 is 0.672 bits per heavy atom. The van der Waals surface area contributed by atoms with Crippen LogP contribution in [0.25, 0.3) is 72.0 Å². The van der Waals surface area contributed by atoms with Crippen molar-refractivity contribution in [1.82, 2.24) is 4.57 Å². The number of aryl methyl sites for hydroxylation is 2. The molecule has 9 aromatic carbocycles. The molecule has 0 atom stereocenters. The average Bonchev–Trinajstić information content (AvgIpc) is 3.62. The Morgan fingerprint density at radius 1 is 0.293 bits per heavy atom. The molecule has 0 aliphatic rings. The smallest absolute Gasteiger partial charge is 0.0541 e. The van der Waals surface area contributed by atoms with Crippen molar-refractivity contribution >= 4 is 38.9 Å². The second-order valence-corrected chi connectivity index (χ2v) is 15.2. The molecule has 0 spiro atoms. The highest BCUT2D eigenvalue weighted by atomic mass is 15.1. The molecule has 2 nitrogen and oxygen atoms in total. The van der Waals surface area contributed by atoms with Gasteiger partial charge in [0, 0.05) is 33.5 Å². The van der Waals surface area contributed by atoms with E-state index in [1.165, 1.54) is 77.4 Å². The summed E-state index contributed by atoms with van der Waals surface area (Å²) in [4.78, 5) is 2.35. The van der Waals surface area contributed by atoms with Crippen molar-refractivity contribution < 1.29 is 0 Å². The zero-order chi connectivity index (χ0) is 39.0. The Bertz CT molecular complexity index is 2950. The second-order valence-electron chi connectivity index (χ2n) is 15.2. The third kappa shape index (κ3) is 6.65. The maximum Gasteiger partial charge on any atom is 0.0541 e. The molecule has 0 N–H and O–H groups in total. The van der Waals surface area contributed by atoms with E-state index in [0.29, 0.717) is 0 Å². The third-order valence-corrected chi connectivity index (χ3v) is 11.3. The summed E-state index contributed by atoms with van der Waals surface area (Å²) in [5, 5.41) is 2.54. The predicted octanol–water partition coefficient (Wildman–Crippen LogP) is 15.5. The topological polar surface area (TPSA) is 8.17 Å². The molecule has 0 aliphatic carbocycles. The van der Waals surface area contributed by atoms with E-state index in [2.05, 4.69) is 242 Å². The van der Waals surface area contributed by atoms with Gasteiger partial charge >= 0.3 is 0 Å². The Kier molecular flexibility index (Phi) is 9.01. The lowest BCUT2D eigenvalue weighted by atomic mass is 9.96. The molecule has 10 aromatic rings. The van der Waals surface area contributed by atoms with Gasteiger partial charge in [0.1, 0.15) is 0 Å². The summed E-state index contributed by atoms with van der Waals surface area (Å²) >= 11 is 0. The van der Waals surface area contributed by atoms with E-state index >= 15 is 0 Å². The molecule has 1 aromatic heterocycles. The number of nitrogens with zero attached hydrogens (tertiary/aromatic N) is 2. The molecule has 0 saturated heterocycles. The van der Waals surface area contributed by atoms with E-state index in [1.54, 1.807) is 0 Å². The summed E-state index contributed by atoms with van der Waals surface area (Å²) in [6.45, 7) is 4.33. The molecule has 0 fully saturated rings. The molecule has 0 unspecified atom stereocenters. The SMILES string of the molecule is Cc1cc(C)cc(-c2cccc(-c3ccc(N(c4ccc(-c5ccccc5)cc4)c4ccc(-c5ccc(-n6c7ccccc7c7ccccc76)cc5)cc4)cc3)c2)c1. The van der Waals surface area contributed by atoms with Crippen LogP contribution in [0.15, 0.2) is 218 Å². The molecule has 276 valence electrons. The summed E-state index contributed by atoms with van der Waals surface area (Å²) in [6, 6.07) is 79.3. The summed E-state index contributed by atoms with van der Waals surface area (Å²) in [6.07, 6.45) is 0. The molecule has 0 aliphatic heterocycles. The maximum absolute atomic E-state index is 2.37. The molecular formula is C56H42N2. The van der Waals surface area contributed by atoms with Gasteiger partial charge in [-0.15, -0.1) is 0 Å². The standard InChI is InChI=1S/C56H42N2/c1-39-35-40(2)37-48(36-39)47-14-10-13-46(38-47)45-25-31-51(32-26-45)57(49-27-19-42(20-28-49)41-11-4-3-5-12-41)50-29-21-43(22-30-50)44-23-33-52(34-24-44)58-55-17-8-6-15-53(55)54-16-7-9-18-56(54)58/h3-38H,1-2H3. The molecule has 0 radical (unpaired) electrons. The summed E-state index contributed by atoms with van der Waals surface area (Å²) in [5.74, 6) is 0. The third-order valence-electron chi connectivity index (χ3n) is 11.3. The normalized spacial score (nSPS) is 11.3. The Morgan fingerprint density at radius 3 is 1.17 bits per heavy atom. The largest absolute Gasteiger partial charge is 0.311 e. The van der Waals surface area contributed by atoms with Gasteiger partial charge in [-0.25, -0.2) is 0 Å². The minimum absolute atomic E-state index is 1.10. The van der Waals surface area contributed by atoms with Crippen LogP contribution >= 0.6 is 0 Å². The van der Waals surface area contributed by atoms with Gasteiger partial charge in [0.2, 0.25) is 0 Å². The number of hydrogen-bond donors (Lipinski definition) is 0. The molecule has 0 saturated carbocycles. The van der Waals surface area contributed by atoms with Crippen LogP contribution in [0.4, 0.5) is 17.1 Å². The zero-order valence-electron chi connectivity index (χ0n) is 32.7. The van der Waals surface area contributed by atoms with E-state index in [1.807, 2.05) is 0 Å². The lowest BCUT2D eigenvalue weighted by Gasteiger charge is -2.26. The summed E-state index contributed by atoms with van der Waals surface area (Å²) in [7, 11) is 0. The minimum Gasteiger partial charge on any atom is -0.311 e. The maximum atomic E-state index is 2.37. The molecule has 0 amide bonds. The first-order valence-corrected chi connectivity index (χ1v) is 20.0. The number of anilines is 3. The van der Waals surface area contributed by atoms with Crippen molar-refractivity contribution in [1.29, 1.82) is 0 Å². The van der Waals surface area contributed by atoms with Crippen LogP contribution in [0.1, 0.15) is 11.1 Å². The van der Waals surface area contributed by atoms with E-state index in [4.69, 9.17) is 0 Å². The van der Waals surface area contributed by atoms with Crippen molar-refractivity contribution in [3.63, 3.8) is 0 Å². The van der Waals surface area contributed by atoms with Crippen LogP contribution in [-0.4, -0.2) is 4.57 Å². The second kappa shape index (κ2) is 14.9. The van der Waals surface area contributed by atoms with Crippen LogP contribution in [0.2, 0.25) is 0 Å². The number of hydrogen-bond acceptors (Lipinski definition) is 1. The average molecular weight is 743 g/mol. The highest BCUT2D eigenvalue weighted by molar-refractivity contribution is 6.09. The van der Waals surface area contributed by atoms with E-state index in [0.717, 1.165) is 22.7 Å². The van der Waals surface area contributed by atoms with E-state index in [9.17, 15) is 0 Å². The summed E-state index contributed by atoms with van der Waals surface area (Å²) < 4.78 is 2.37. The van der Waals surface area contributed by atoms with Crippen molar-refractivity contribution in [3.05, 3.63) is 230 Å². The Labute approximate surface area is 340 Å². The van der Waals surface area contributed by atoms with Crippen LogP contribution in [0, 0.1) is 13.8 Å². The highest BCUT2D eigenvalue weighted by Crippen LogP contribution is 2.39. The first-order chi connectivity index (χ1) is 28.6. The van der Waals surface area contributed by atoms with Gasteiger partial charge in [-0.2, -0.15) is 0 Å². The van der Waals surface area contributed by atoms with Crippen LogP contribution in [0.5, 0.6) is 0 Å². The quantitative estimate of drug-likeness (QED) is 0.150. The lowest BCUT2D eigenvalue weighted by Crippen LogP contribution is -2.09. The number of para-hydroxylation sites is 2. The molecule has 1 heterocycles. The Balaban J connectivity index is 0.978. The highest BCUT2D eigenvalue weighted by Gasteiger charge is 2.15.